The number of hydrogen-bond acceptors (Lipinski definition) is 6. The Labute approximate surface area is 188 Å². The van der Waals surface area contributed by atoms with Crippen LogP contribution in [0.2, 0.25) is 5.02 Å². The summed E-state index contributed by atoms with van der Waals surface area (Å²) in [6, 6.07) is 10.5. The zero-order valence-corrected chi connectivity index (χ0v) is 18.1. The van der Waals surface area contributed by atoms with E-state index in [0.717, 1.165) is 5.56 Å². The summed E-state index contributed by atoms with van der Waals surface area (Å²) in [4.78, 5) is 22.8. The predicted octanol–water partition coefficient (Wildman–Crippen LogP) is 4.35. The normalized spacial score (nSPS) is 10.9. The lowest BCUT2D eigenvalue weighted by molar-refractivity contribution is -0.390. The van der Waals surface area contributed by atoms with Crippen LogP contribution in [0.25, 0.3) is 0 Å². The summed E-state index contributed by atoms with van der Waals surface area (Å²) in [7, 11) is 0. The lowest BCUT2D eigenvalue weighted by Gasteiger charge is -2.07. The van der Waals surface area contributed by atoms with Gasteiger partial charge in [0, 0.05) is 11.9 Å². The van der Waals surface area contributed by atoms with Crippen molar-refractivity contribution in [1.29, 1.82) is 0 Å². The first-order chi connectivity index (χ1) is 14.9. The minimum absolute atomic E-state index is 0.111. The second-order valence-electron chi connectivity index (χ2n) is 6.53. The molecule has 0 spiro atoms. The van der Waals surface area contributed by atoms with Crippen molar-refractivity contribution < 1.29 is 14.1 Å². The maximum Gasteiger partial charge on any atom is 0.404 e. The Morgan fingerprint density at radius 1 is 1.23 bits per heavy atom. The van der Waals surface area contributed by atoms with E-state index in [-0.39, 0.29) is 22.6 Å². The van der Waals surface area contributed by atoms with Gasteiger partial charge in [0.1, 0.15) is 16.8 Å². The molecule has 0 radical (unpaired) electrons. The van der Waals surface area contributed by atoms with Gasteiger partial charge in [0.25, 0.3) is 5.91 Å². The van der Waals surface area contributed by atoms with Crippen molar-refractivity contribution in [3.05, 3.63) is 91.7 Å². The van der Waals surface area contributed by atoms with Crippen molar-refractivity contribution in [1.82, 2.24) is 19.6 Å². The van der Waals surface area contributed by atoms with Crippen LogP contribution in [-0.4, -0.2) is 30.4 Å². The Balaban J connectivity index is 1.41. The third-order valence-electron chi connectivity index (χ3n) is 4.21. The average Bonchev–Trinajstić information content (AvgIpc) is 3.43. The fourth-order valence-corrected chi connectivity index (χ4v) is 3.50. The van der Waals surface area contributed by atoms with Crippen molar-refractivity contribution in [2.75, 3.05) is 5.32 Å². The Morgan fingerprint density at radius 3 is 2.77 bits per heavy atom. The van der Waals surface area contributed by atoms with Crippen LogP contribution in [0.4, 0.5) is 11.5 Å². The standard InChI is InChI=1S/C19H14BrClN6O4/c20-16-11-26(24-18(16)27(29)30)10-15-4-5-17(31-15)19(28)23-14-3-1-2-12(6-14)8-25-9-13(21)7-22-25/h1-7,9,11H,8,10H2,(H,23,28). The summed E-state index contributed by atoms with van der Waals surface area (Å²) in [5, 5.41) is 22.2. The van der Waals surface area contributed by atoms with E-state index in [2.05, 4.69) is 31.4 Å². The van der Waals surface area contributed by atoms with Gasteiger partial charge in [-0.05, 0) is 50.7 Å². The van der Waals surface area contributed by atoms with E-state index in [1.54, 1.807) is 29.2 Å². The van der Waals surface area contributed by atoms with Gasteiger partial charge < -0.3 is 19.8 Å². The highest BCUT2D eigenvalue weighted by Gasteiger charge is 2.20. The largest absolute Gasteiger partial charge is 0.454 e. The zero-order chi connectivity index (χ0) is 22.0. The van der Waals surface area contributed by atoms with Gasteiger partial charge in [-0.3, -0.25) is 9.48 Å². The number of furan rings is 1. The van der Waals surface area contributed by atoms with Crippen molar-refractivity contribution in [2.24, 2.45) is 0 Å². The topological polar surface area (TPSA) is 121 Å². The van der Waals surface area contributed by atoms with Gasteiger partial charge in [-0.25, -0.2) is 0 Å². The quantitative estimate of drug-likeness (QED) is 0.294. The number of amides is 1. The Bertz CT molecular complexity index is 1260. The summed E-state index contributed by atoms with van der Waals surface area (Å²) in [5.74, 6) is -0.167. The van der Waals surface area contributed by atoms with E-state index in [0.29, 0.717) is 23.0 Å². The van der Waals surface area contributed by atoms with Gasteiger partial charge in [0.05, 0.1) is 29.1 Å². The summed E-state index contributed by atoms with van der Waals surface area (Å²) in [6.07, 6.45) is 4.74. The summed E-state index contributed by atoms with van der Waals surface area (Å²) < 4.78 is 8.89. The van der Waals surface area contributed by atoms with Crippen LogP contribution in [-0.2, 0) is 13.1 Å². The SMILES string of the molecule is O=C(Nc1cccc(Cn2cc(Cl)cn2)c1)c1ccc(Cn2cc(Br)c([N+](=O)[O-])n2)o1. The molecule has 0 aliphatic carbocycles. The molecule has 12 heteroatoms. The van der Waals surface area contributed by atoms with Crippen molar-refractivity contribution in [3.63, 3.8) is 0 Å². The molecule has 0 bridgehead atoms. The first-order valence-electron chi connectivity index (χ1n) is 8.91. The molecular formula is C19H14BrClN6O4. The van der Waals surface area contributed by atoms with Crippen LogP contribution in [0.5, 0.6) is 0 Å². The predicted molar refractivity (Wildman–Crippen MR) is 115 cm³/mol. The molecule has 0 aliphatic heterocycles. The molecule has 0 atom stereocenters. The highest BCUT2D eigenvalue weighted by molar-refractivity contribution is 9.10. The second kappa shape index (κ2) is 8.74. The van der Waals surface area contributed by atoms with Gasteiger partial charge in [-0.15, -0.1) is 0 Å². The number of carbonyl (C=O) groups is 1. The van der Waals surface area contributed by atoms with Crippen LogP contribution in [0.15, 0.2) is 63.9 Å². The molecule has 10 nitrogen and oxygen atoms in total. The van der Waals surface area contributed by atoms with Crippen LogP contribution >= 0.6 is 27.5 Å². The fourth-order valence-electron chi connectivity index (χ4n) is 2.89. The van der Waals surface area contributed by atoms with Gasteiger partial charge in [-0.1, -0.05) is 23.7 Å². The Kier molecular flexibility index (Phi) is 5.87. The molecule has 0 fully saturated rings. The minimum Gasteiger partial charge on any atom is -0.454 e. The number of carbonyl (C=O) groups excluding carboxylic acids is 1. The summed E-state index contributed by atoms with van der Waals surface area (Å²) in [5.41, 5.74) is 1.54. The van der Waals surface area contributed by atoms with Crippen molar-refractivity contribution >= 4 is 44.9 Å². The minimum atomic E-state index is -0.587. The number of nitrogens with one attached hydrogen (secondary N) is 1. The van der Waals surface area contributed by atoms with E-state index < -0.39 is 10.8 Å². The number of anilines is 1. The maximum absolute atomic E-state index is 12.5. The highest BCUT2D eigenvalue weighted by atomic mass is 79.9. The van der Waals surface area contributed by atoms with Crippen LogP contribution in [0.1, 0.15) is 21.9 Å². The fraction of sp³-hybridized carbons (Fsp3) is 0.105. The van der Waals surface area contributed by atoms with E-state index in [4.69, 9.17) is 16.0 Å². The van der Waals surface area contributed by atoms with E-state index in [1.807, 2.05) is 18.2 Å². The van der Waals surface area contributed by atoms with E-state index in [1.165, 1.54) is 16.9 Å². The molecule has 1 N–H and O–H groups in total. The van der Waals surface area contributed by atoms with Crippen LogP contribution in [0, 0.1) is 10.1 Å². The summed E-state index contributed by atoms with van der Waals surface area (Å²) in [6.45, 7) is 0.647. The number of benzene rings is 1. The smallest absolute Gasteiger partial charge is 0.404 e. The van der Waals surface area contributed by atoms with Gasteiger partial charge in [0.2, 0.25) is 0 Å². The van der Waals surface area contributed by atoms with Crippen LogP contribution < -0.4 is 5.32 Å². The molecule has 3 heterocycles. The molecule has 1 aromatic carbocycles. The van der Waals surface area contributed by atoms with Gasteiger partial charge in [-0.2, -0.15) is 9.78 Å². The number of nitrogens with zero attached hydrogens (tertiary/aromatic N) is 5. The number of aromatic nitrogens is 4. The monoisotopic (exact) mass is 504 g/mol. The number of rotatable bonds is 7. The van der Waals surface area contributed by atoms with Gasteiger partial charge in [0.15, 0.2) is 5.76 Å². The van der Waals surface area contributed by atoms with Gasteiger partial charge >= 0.3 is 5.82 Å². The molecule has 0 saturated carbocycles. The zero-order valence-electron chi connectivity index (χ0n) is 15.7. The summed E-state index contributed by atoms with van der Waals surface area (Å²) >= 11 is 8.97. The highest BCUT2D eigenvalue weighted by Crippen LogP contribution is 2.23. The number of nitro groups is 1. The first kappa shape index (κ1) is 20.8. The third-order valence-corrected chi connectivity index (χ3v) is 4.96. The Morgan fingerprint density at radius 2 is 2.06 bits per heavy atom. The number of hydrogen-bond donors (Lipinski definition) is 1. The molecular weight excluding hydrogens is 492 g/mol. The molecule has 3 aromatic heterocycles. The van der Waals surface area contributed by atoms with E-state index in [9.17, 15) is 14.9 Å². The lowest BCUT2D eigenvalue weighted by Crippen LogP contribution is -2.11. The molecule has 1 amide bonds. The molecule has 158 valence electrons. The first-order valence-corrected chi connectivity index (χ1v) is 10.1. The van der Waals surface area contributed by atoms with Crippen molar-refractivity contribution in [2.45, 2.75) is 13.1 Å². The maximum atomic E-state index is 12.5. The number of halogens is 2. The van der Waals surface area contributed by atoms with Crippen LogP contribution in [0.3, 0.4) is 0 Å². The average molecular weight is 506 g/mol. The molecule has 4 aromatic rings. The second-order valence-corrected chi connectivity index (χ2v) is 7.82. The molecule has 0 aliphatic rings. The molecule has 31 heavy (non-hydrogen) atoms. The Hall–Kier alpha value is -3.44. The lowest BCUT2D eigenvalue weighted by atomic mass is 10.2. The molecule has 0 saturated heterocycles. The molecule has 0 unspecified atom stereocenters. The molecule has 4 rings (SSSR count). The third kappa shape index (κ3) is 5.01. The van der Waals surface area contributed by atoms with Crippen molar-refractivity contribution in [3.8, 4) is 0 Å². The van der Waals surface area contributed by atoms with E-state index >= 15 is 0 Å².